The maximum absolute atomic E-state index is 11.4. The molecule has 6 nitrogen and oxygen atoms in total. The molecule has 0 radical (unpaired) electrons. The lowest BCUT2D eigenvalue weighted by molar-refractivity contribution is -0.160. The van der Waals surface area contributed by atoms with E-state index in [9.17, 15) is 9.59 Å². The first-order chi connectivity index (χ1) is 7.61. The molecule has 0 atom stereocenters. The molecule has 6 heteroatoms. The van der Waals surface area contributed by atoms with Gasteiger partial charge in [0.05, 0.1) is 19.8 Å². The van der Waals surface area contributed by atoms with Crippen LogP contribution in [0.4, 0.5) is 0 Å². The highest BCUT2D eigenvalue weighted by Crippen LogP contribution is 2.03. The highest BCUT2D eigenvalue weighted by molar-refractivity contribution is 5.72. The summed E-state index contributed by atoms with van der Waals surface area (Å²) in [7, 11) is 0. The van der Waals surface area contributed by atoms with E-state index in [4.69, 9.17) is 9.47 Å². The van der Waals surface area contributed by atoms with Crippen molar-refractivity contribution in [2.45, 2.75) is 13.8 Å². The van der Waals surface area contributed by atoms with Gasteiger partial charge in [0.1, 0.15) is 6.61 Å². The lowest BCUT2D eigenvalue weighted by Gasteiger charge is -2.36. The van der Waals surface area contributed by atoms with Crippen molar-refractivity contribution in [3.63, 3.8) is 0 Å². The first kappa shape index (κ1) is 12.9. The Balaban J connectivity index is 2.40. The van der Waals surface area contributed by atoms with Crippen LogP contribution in [0.25, 0.3) is 0 Å². The molecule has 92 valence electrons. The predicted octanol–water partition coefficient (Wildman–Crippen LogP) is -0.355. The number of rotatable bonds is 4. The maximum Gasteiger partial charge on any atom is 0.302 e. The monoisotopic (exact) mass is 230 g/mol. The van der Waals surface area contributed by atoms with Gasteiger partial charge in [-0.3, -0.25) is 14.6 Å². The zero-order valence-corrected chi connectivity index (χ0v) is 9.77. The van der Waals surface area contributed by atoms with Crippen LogP contribution in [0.5, 0.6) is 0 Å². The number of nitrogens with zero attached hydrogens (tertiary/aromatic N) is 2. The van der Waals surface area contributed by atoms with E-state index in [1.165, 1.54) is 13.8 Å². The van der Waals surface area contributed by atoms with Crippen LogP contribution in [0.3, 0.4) is 0 Å². The van der Waals surface area contributed by atoms with Crippen LogP contribution in [0.15, 0.2) is 0 Å². The third-order valence-electron chi connectivity index (χ3n) is 2.30. The molecular weight excluding hydrogens is 212 g/mol. The summed E-state index contributed by atoms with van der Waals surface area (Å²) in [5, 5.41) is 3.53. The van der Waals surface area contributed by atoms with Crippen LogP contribution in [-0.2, 0) is 19.1 Å². The summed E-state index contributed by atoms with van der Waals surface area (Å²) >= 11 is 0. The number of hydrogen-bond acceptors (Lipinski definition) is 5. The van der Waals surface area contributed by atoms with Gasteiger partial charge in [-0.15, -0.1) is 0 Å². The average Bonchev–Trinajstić information content (AvgIpc) is 2.25. The molecule has 16 heavy (non-hydrogen) atoms. The van der Waals surface area contributed by atoms with E-state index >= 15 is 0 Å². The smallest absolute Gasteiger partial charge is 0.302 e. The van der Waals surface area contributed by atoms with Crippen molar-refractivity contribution in [2.24, 2.45) is 0 Å². The Morgan fingerprint density at radius 1 is 1.31 bits per heavy atom. The van der Waals surface area contributed by atoms with Gasteiger partial charge in [-0.25, -0.2) is 5.01 Å². The van der Waals surface area contributed by atoms with Crippen molar-refractivity contribution < 1.29 is 19.1 Å². The van der Waals surface area contributed by atoms with Crippen LogP contribution >= 0.6 is 0 Å². The van der Waals surface area contributed by atoms with Crippen molar-refractivity contribution in [3.05, 3.63) is 0 Å². The number of morpholine rings is 1. The molecule has 1 aliphatic heterocycles. The lowest BCUT2D eigenvalue weighted by atomic mass is 10.4. The molecule has 1 fully saturated rings. The summed E-state index contributed by atoms with van der Waals surface area (Å²) in [6.45, 7) is 6.12. The highest BCUT2D eigenvalue weighted by Gasteiger charge is 2.20. The van der Waals surface area contributed by atoms with Crippen molar-refractivity contribution in [1.82, 2.24) is 10.0 Å². The summed E-state index contributed by atoms with van der Waals surface area (Å²) < 4.78 is 10.0. The third kappa shape index (κ3) is 4.16. The molecule has 1 aliphatic rings. The van der Waals surface area contributed by atoms with E-state index < -0.39 is 0 Å². The largest absolute Gasteiger partial charge is 0.464 e. The quantitative estimate of drug-likeness (QED) is 0.618. The topological polar surface area (TPSA) is 59.1 Å². The second-order valence-electron chi connectivity index (χ2n) is 3.55. The first-order valence-electron chi connectivity index (χ1n) is 5.35. The van der Waals surface area contributed by atoms with Crippen molar-refractivity contribution in [1.29, 1.82) is 0 Å². The van der Waals surface area contributed by atoms with Gasteiger partial charge in [0.25, 0.3) is 0 Å². The van der Waals surface area contributed by atoms with E-state index in [-0.39, 0.29) is 18.5 Å². The number of hydrogen-bond donors (Lipinski definition) is 0. The fraction of sp³-hybridized carbons (Fsp3) is 0.800. The Kier molecular flexibility index (Phi) is 5.21. The van der Waals surface area contributed by atoms with Gasteiger partial charge < -0.3 is 9.47 Å². The molecule has 0 aromatic rings. The second-order valence-corrected chi connectivity index (χ2v) is 3.55. The van der Waals surface area contributed by atoms with Gasteiger partial charge in [-0.1, -0.05) is 0 Å². The highest BCUT2D eigenvalue weighted by atomic mass is 16.5. The number of esters is 1. The van der Waals surface area contributed by atoms with Crippen LogP contribution in [0.2, 0.25) is 0 Å². The summed E-state index contributed by atoms with van der Waals surface area (Å²) in [4.78, 5) is 22.0. The van der Waals surface area contributed by atoms with Crippen LogP contribution < -0.4 is 0 Å². The number of carbonyl (C=O) groups excluding carboxylic acids is 2. The summed E-state index contributed by atoms with van der Waals surface area (Å²) in [5.74, 6) is -0.375. The van der Waals surface area contributed by atoms with Crippen molar-refractivity contribution in [3.8, 4) is 0 Å². The number of amides is 1. The molecule has 0 unspecified atom stereocenters. The number of hydrazine groups is 1. The maximum atomic E-state index is 11.4. The Bertz CT molecular complexity index is 251. The van der Waals surface area contributed by atoms with Gasteiger partial charge in [0.15, 0.2) is 0 Å². The Morgan fingerprint density at radius 3 is 2.44 bits per heavy atom. The van der Waals surface area contributed by atoms with Crippen molar-refractivity contribution in [2.75, 3.05) is 39.5 Å². The molecule has 0 N–H and O–H groups in total. The standard InChI is InChI=1S/C10H18N2O4/c1-9(13)12(5-8-16-10(2)14)11-3-6-15-7-4-11/h3-8H2,1-2H3. The van der Waals surface area contributed by atoms with Crippen LogP contribution in [0.1, 0.15) is 13.8 Å². The zero-order valence-electron chi connectivity index (χ0n) is 9.77. The second kappa shape index (κ2) is 6.44. The molecule has 0 aromatic carbocycles. The first-order valence-corrected chi connectivity index (χ1v) is 5.35. The van der Waals surface area contributed by atoms with Gasteiger partial charge in [0, 0.05) is 26.9 Å². The van der Waals surface area contributed by atoms with E-state index in [1.54, 1.807) is 5.01 Å². The minimum atomic E-state index is -0.328. The lowest BCUT2D eigenvalue weighted by Crippen LogP contribution is -2.51. The molecule has 0 saturated carbocycles. The normalized spacial score (nSPS) is 16.9. The van der Waals surface area contributed by atoms with Gasteiger partial charge in [-0.2, -0.15) is 0 Å². The number of carbonyl (C=O) groups is 2. The molecule has 0 aliphatic carbocycles. The van der Waals surface area contributed by atoms with Gasteiger partial charge in [-0.05, 0) is 0 Å². The van der Waals surface area contributed by atoms with E-state index in [2.05, 4.69) is 0 Å². The summed E-state index contributed by atoms with van der Waals surface area (Å²) in [6, 6.07) is 0. The molecule has 1 heterocycles. The average molecular weight is 230 g/mol. The predicted molar refractivity (Wildman–Crippen MR) is 56.4 cm³/mol. The van der Waals surface area contributed by atoms with Crippen LogP contribution in [0, 0.1) is 0 Å². The minimum Gasteiger partial charge on any atom is -0.464 e. The minimum absolute atomic E-state index is 0.0472. The van der Waals surface area contributed by atoms with Gasteiger partial charge in [0.2, 0.25) is 5.91 Å². The molecule has 1 amide bonds. The van der Waals surface area contributed by atoms with Gasteiger partial charge >= 0.3 is 5.97 Å². The van der Waals surface area contributed by atoms with E-state index in [0.29, 0.717) is 32.8 Å². The zero-order chi connectivity index (χ0) is 12.0. The molecule has 0 bridgehead atoms. The summed E-state index contributed by atoms with van der Waals surface area (Å²) in [6.07, 6.45) is 0. The molecule has 0 spiro atoms. The van der Waals surface area contributed by atoms with Crippen molar-refractivity contribution >= 4 is 11.9 Å². The third-order valence-corrected chi connectivity index (χ3v) is 2.30. The fourth-order valence-electron chi connectivity index (χ4n) is 1.57. The molecular formula is C10H18N2O4. The van der Waals surface area contributed by atoms with E-state index in [0.717, 1.165) is 0 Å². The van der Waals surface area contributed by atoms with E-state index in [1.807, 2.05) is 5.01 Å². The molecule has 1 saturated heterocycles. The van der Waals surface area contributed by atoms with Crippen LogP contribution in [-0.4, -0.2) is 61.3 Å². The fourth-order valence-corrected chi connectivity index (χ4v) is 1.57. The molecule has 0 aromatic heterocycles. The summed E-state index contributed by atoms with van der Waals surface area (Å²) in [5.41, 5.74) is 0. The Morgan fingerprint density at radius 2 is 1.94 bits per heavy atom. The Hall–Kier alpha value is -1.14. The number of ether oxygens (including phenoxy) is 2. The SMILES string of the molecule is CC(=O)OCCN(C(C)=O)N1CCOCC1. The molecule has 1 rings (SSSR count). The Labute approximate surface area is 95.1 Å².